The maximum absolute atomic E-state index is 13.3. The second-order valence-electron chi connectivity index (χ2n) is 8.04. The van der Waals surface area contributed by atoms with Gasteiger partial charge in [0.25, 0.3) is 11.8 Å². The van der Waals surface area contributed by atoms with Gasteiger partial charge < -0.3 is 9.47 Å². The van der Waals surface area contributed by atoms with E-state index >= 15 is 0 Å². The molecule has 2 aromatic rings. The fourth-order valence-corrected chi connectivity index (χ4v) is 4.45. The van der Waals surface area contributed by atoms with Crippen molar-refractivity contribution in [3.05, 3.63) is 76.8 Å². The van der Waals surface area contributed by atoms with Gasteiger partial charge in [0.15, 0.2) is 0 Å². The zero-order valence-electron chi connectivity index (χ0n) is 19.7. The van der Waals surface area contributed by atoms with Crippen LogP contribution in [-0.2, 0) is 19.1 Å². The molecule has 9 heteroatoms. The van der Waals surface area contributed by atoms with Crippen molar-refractivity contribution in [2.45, 2.75) is 26.7 Å². The highest BCUT2D eigenvalue weighted by molar-refractivity contribution is 6.21. The Labute approximate surface area is 202 Å². The third-order valence-electron chi connectivity index (χ3n) is 5.94. The summed E-state index contributed by atoms with van der Waals surface area (Å²) in [6, 6.07) is 11.7. The van der Waals surface area contributed by atoms with Gasteiger partial charge in [0.1, 0.15) is 5.92 Å². The molecule has 3 heterocycles. The van der Waals surface area contributed by atoms with Crippen LogP contribution in [0.5, 0.6) is 0 Å². The Morgan fingerprint density at radius 3 is 2.14 bits per heavy atom. The van der Waals surface area contributed by atoms with Crippen LogP contribution in [0.15, 0.2) is 64.9 Å². The molecule has 0 spiro atoms. The molecule has 2 amide bonds. The van der Waals surface area contributed by atoms with Crippen molar-refractivity contribution in [3.63, 3.8) is 0 Å². The largest absolute Gasteiger partial charge is 0.465 e. The van der Waals surface area contributed by atoms with E-state index in [-0.39, 0.29) is 42.2 Å². The van der Waals surface area contributed by atoms with Gasteiger partial charge in [-0.2, -0.15) is 0 Å². The van der Waals surface area contributed by atoms with Gasteiger partial charge in [0, 0.05) is 17.6 Å². The number of aromatic nitrogens is 1. The molecule has 4 rings (SSSR count). The van der Waals surface area contributed by atoms with E-state index in [0.717, 1.165) is 4.90 Å². The number of carbonyl (C=O) groups excluding carboxylic acids is 4. The van der Waals surface area contributed by atoms with Gasteiger partial charge in [-0.05, 0) is 45.0 Å². The van der Waals surface area contributed by atoms with Crippen molar-refractivity contribution in [3.8, 4) is 0 Å². The summed E-state index contributed by atoms with van der Waals surface area (Å²) in [6.07, 6.45) is 1.56. The first kappa shape index (κ1) is 24.0. The highest BCUT2D eigenvalue weighted by Crippen LogP contribution is 2.40. The maximum Gasteiger partial charge on any atom is 0.336 e. The number of esters is 2. The van der Waals surface area contributed by atoms with E-state index in [0.29, 0.717) is 11.4 Å². The minimum Gasteiger partial charge on any atom is -0.465 e. The Balaban J connectivity index is 1.85. The molecule has 2 aliphatic heterocycles. The van der Waals surface area contributed by atoms with E-state index < -0.39 is 35.6 Å². The molecule has 35 heavy (non-hydrogen) atoms. The summed E-state index contributed by atoms with van der Waals surface area (Å²) in [7, 11) is 0. The average molecular weight is 476 g/mol. The third kappa shape index (κ3) is 4.37. The number of rotatable bonds is 7. The molecule has 0 N–H and O–H groups in total. The second kappa shape index (κ2) is 10.0. The number of aliphatic imine (C=N–C) groups is 1. The van der Waals surface area contributed by atoms with E-state index in [1.165, 1.54) is 0 Å². The highest BCUT2D eigenvalue weighted by Gasteiger charge is 2.45. The van der Waals surface area contributed by atoms with Gasteiger partial charge >= 0.3 is 11.9 Å². The summed E-state index contributed by atoms with van der Waals surface area (Å²) >= 11 is 0. The Bertz CT molecular complexity index is 1220. The fourth-order valence-electron chi connectivity index (χ4n) is 4.45. The van der Waals surface area contributed by atoms with Crippen molar-refractivity contribution < 1.29 is 28.7 Å². The van der Waals surface area contributed by atoms with Crippen molar-refractivity contribution in [1.82, 2.24) is 9.88 Å². The first-order valence-corrected chi connectivity index (χ1v) is 11.4. The normalized spacial score (nSPS) is 19.4. The molecular weight excluding hydrogens is 450 g/mol. The van der Waals surface area contributed by atoms with Crippen LogP contribution in [0.4, 0.5) is 0 Å². The zero-order chi connectivity index (χ0) is 25.1. The standard InChI is InChI=1S/C26H25N3O6/c1-4-34-25(32)20-15(3)28-19(14-29-23(30)16-10-6-7-11-17(16)24(29)31)22(26(33)35-5-2)21(20)18-12-8-9-13-27-18/h6-13,20-21H,4-5,14H2,1-3H3. The number of hydrogen-bond acceptors (Lipinski definition) is 8. The smallest absolute Gasteiger partial charge is 0.336 e. The molecule has 0 saturated carbocycles. The van der Waals surface area contributed by atoms with E-state index in [1.54, 1.807) is 69.4 Å². The van der Waals surface area contributed by atoms with Gasteiger partial charge in [0.05, 0.1) is 48.1 Å². The minimum atomic E-state index is -0.921. The lowest BCUT2D eigenvalue weighted by molar-refractivity contribution is -0.146. The number of benzene rings is 1. The number of hydrogen-bond donors (Lipinski definition) is 0. The van der Waals surface area contributed by atoms with Crippen molar-refractivity contribution in [2.75, 3.05) is 19.8 Å². The molecule has 0 radical (unpaired) electrons. The van der Waals surface area contributed by atoms with Crippen LogP contribution in [0.3, 0.4) is 0 Å². The summed E-state index contributed by atoms with van der Waals surface area (Å²) in [5.74, 6) is -3.98. The molecule has 1 aromatic carbocycles. The van der Waals surface area contributed by atoms with E-state index in [2.05, 4.69) is 9.98 Å². The lowest BCUT2D eigenvalue weighted by Gasteiger charge is -2.32. The summed E-state index contributed by atoms with van der Waals surface area (Å²) in [5.41, 5.74) is 1.66. The van der Waals surface area contributed by atoms with Crippen LogP contribution in [0.2, 0.25) is 0 Å². The summed E-state index contributed by atoms with van der Waals surface area (Å²) < 4.78 is 10.6. The summed E-state index contributed by atoms with van der Waals surface area (Å²) in [6.45, 7) is 5.00. The van der Waals surface area contributed by atoms with E-state index in [9.17, 15) is 19.2 Å². The number of amides is 2. The van der Waals surface area contributed by atoms with Crippen LogP contribution in [-0.4, -0.2) is 59.1 Å². The quantitative estimate of drug-likeness (QED) is 0.447. The first-order valence-electron chi connectivity index (χ1n) is 11.4. The summed E-state index contributed by atoms with van der Waals surface area (Å²) in [5, 5.41) is 0. The molecule has 2 unspecified atom stereocenters. The number of ether oxygens (including phenoxy) is 2. The molecule has 0 saturated heterocycles. The van der Waals surface area contributed by atoms with Crippen molar-refractivity contribution in [2.24, 2.45) is 10.9 Å². The Kier molecular flexibility index (Phi) is 6.86. The van der Waals surface area contributed by atoms with Gasteiger partial charge in [-0.1, -0.05) is 18.2 Å². The molecule has 2 atom stereocenters. The Morgan fingerprint density at radius 2 is 1.57 bits per heavy atom. The molecule has 0 bridgehead atoms. The molecule has 9 nitrogen and oxygen atoms in total. The molecule has 180 valence electrons. The molecule has 2 aliphatic rings. The summed E-state index contributed by atoms with van der Waals surface area (Å²) in [4.78, 5) is 62.3. The van der Waals surface area contributed by atoms with Crippen LogP contribution in [0.1, 0.15) is 53.1 Å². The third-order valence-corrected chi connectivity index (χ3v) is 5.94. The minimum absolute atomic E-state index is 0.0748. The topological polar surface area (TPSA) is 115 Å². The predicted octanol–water partition coefficient (Wildman–Crippen LogP) is 2.93. The number of pyridine rings is 1. The van der Waals surface area contributed by atoms with Crippen molar-refractivity contribution >= 4 is 29.5 Å². The average Bonchev–Trinajstić information content (AvgIpc) is 3.09. The molecule has 0 fully saturated rings. The number of imide groups is 1. The molecular formula is C26H25N3O6. The van der Waals surface area contributed by atoms with Gasteiger partial charge in [-0.25, -0.2) is 4.79 Å². The highest BCUT2D eigenvalue weighted by atomic mass is 16.5. The Morgan fingerprint density at radius 1 is 0.943 bits per heavy atom. The molecule has 1 aromatic heterocycles. The van der Waals surface area contributed by atoms with Gasteiger partial charge in [-0.15, -0.1) is 0 Å². The number of carbonyl (C=O) groups is 4. The SMILES string of the molecule is CCOC(=O)C1=C(CN2C(=O)c3ccccc3C2=O)N=C(C)C(C(=O)OCC)C1c1ccccn1. The predicted molar refractivity (Wildman–Crippen MR) is 126 cm³/mol. The van der Waals surface area contributed by atoms with Gasteiger partial charge in [0.2, 0.25) is 0 Å². The second-order valence-corrected chi connectivity index (χ2v) is 8.04. The van der Waals surface area contributed by atoms with Crippen LogP contribution >= 0.6 is 0 Å². The van der Waals surface area contributed by atoms with E-state index in [1.807, 2.05) is 0 Å². The number of nitrogens with zero attached hydrogens (tertiary/aromatic N) is 3. The number of fused-ring (bicyclic) bond motifs is 1. The lowest BCUT2D eigenvalue weighted by Crippen LogP contribution is -2.40. The van der Waals surface area contributed by atoms with E-state index in [4.69, 9.17) is 9.47 Å². The van der Waals surface area contributed by atoms with Gasteiger partial charge in [-0.3, -0.25) is 29.3 Å². The van der Waals surface area contributed by atoms with Crippen molar-refractivity contribution in [1.29, 1.82) is 0 Å². The van der Waals surface area contributed by atoms with Crippen LogP contribution in [0, 0.1) is 5.92 Å². The lowest BCUT2D eigenvalue weighted by atomic mass is 9.77. The maximum atomic E-state index is 13.3. The molecule has 0 aliphatic carbocycles. The fraction of sp³-hybridized carbons (Fsp3) is 0.308. The zero-order valence-corrected chi connectivity index (χ0v) is 19.7. The van der Waals surface area contributed by atoms with Crippen LogP contribution < -0.4 is 0 Å². The first-order chi connectivity index (χ1) is 16.9. The Hall–Kier alpha value is -4.14. The van der Waals surface area contributed by atoms with Crippen LogP contribution in [0.25, 0.3) is 0 Å². The monoisotopic (exact) mass is 475 g/mol.